The normalized spacial score (nSPS) is 11.5. The number of halogens is 1. The lowest BCUT2D eigenvalue weighted by Gasteiger charge is -2.15. The van der Waals surface area contributed by atoms with Crippen molar-refractivity contribution < 1.29 is 14.3 Å². The van der Waals surface area contributed by atoms with Crippen molar-refractivity contribution in [1.82, 2.24) is 15.8 Å². The zero-order valence-electron chi connectivity index (χ0n) is 15.2. The third kappa shape index (κ3) is 4.88. The molecule has 3 aromatic rings. The van der Waals surface area contributed by atoms with Crippen molar-refractivity contribution in [3.63, 3.8) is 0 Å². The molecule has 6 nitrogen and oxygen atoms in total. The summed E-state index contributed by atoms with van der Waals surface area (Å²) in [5.74, 6) is -0.401. The number of aromatic nitrogens is 1. The molecule has 0 radical (unpaired) electrons. The minimum absolute atomic E-state index is 0.427. The van der Waals surface area contributed by atoms with Crippen LogP contribution in [0.15, 0.2) is 54.6 Å². The maximum atomic E-state index is 12.4. The first-order valence-corrected chi connectivity index (χ1v) is 9.69. The van der Waals surface area contributed by atoms with Crippen molar-refractivity contribution in [2.24, 2.45) is 0 Å². The summed E-state index contributed by atoms with van der Waals surface area (Å²) < 4.78 is 5.52. The van der Waals surface area contributed by atoms with Crippen molar-refractivity contribution >= 4 is 34.8 Å². The van der Waals surface area contributed by atoms with Gasteiger partial charge < -0.3 is 4.74 Å². The van der Waals surface area contributed by atoms with Crippen LogP contribution in [0.25, 0.3) is 10.6 Å². The molecule has 0 saturated carbocycles. The first-order valence-electron chi connectivity index (χ1n) is 8.49. The molecular formula is C20H18ClN3O3S. The highest BCUT2D eigenvalue weighted by atomic mass is 35.5. The van der Waals surface area contributed by atoms with Crippen molar-refractivity contribution in [2.75, 3.05) is 0 Å². The van der Waals surface area contributed by atoms with Gasteiger partial charge in [0.05, 0.1) is 5.69 Å². The summed E-state index contributed by atoms with van der Waals surface area (Å²) in [7, 11) is 0. The van der Waals surface area contributed by atoms with E-state index in [1.54, 1.807) is 38.1 Å². The zero-order chi connectivity index (χ0) is 20.1. The van der Waals surface area contributed by atoms with Crippen molar-refractivity contribution in [3.05, 3.63) is 70.2 Å². The standard InChI is InChI=1S/C20H18ClN3O3S/c1-12-17(28-20(22-12)14-6-4-3-5-7-14)19(26)24-23-18(25)13(2)27-16-10-8-15(21)9-11-16/h3-11,13H,1-2H3,(H,23,25)(H,24,26). The molecule has 0 fully saturated rings. The van der Waals surface area contributed by atoms with Gasteiger partial charge in [0.1, 0.15) is 15.6 Å². The molecule has 0 saturated heterocycles. The molecule has 8 heteroatoms. The Balaban J connectivity index is 1.58. The summed E-state index contributed by atoms with van der Waals surface area (Å²) in [6.07, 6.45) is -0.802. The van der Waals surface area contributed by atoms with Crippen LogP contribution in [-0.4, -0.2) is 22.9 Å². The van der Waals surface area contributed by atoms with Gasteiger partial charge in [-0.3, -0.25) is 20.4 Å². The minimum Gasteiger partial charge on any atom is -0.481 e. The molecule has 0 spiro atoms. The van der Waals surface area contributed by atoms with E-state index in [2.05, 4.69) is 15.8 Å². The van der Waals surface area contributed by atoms with Gasteiger partial charge in [-0.05, 0) is 38.1 Å². The maximum absolute atomic E-state index is 12.4. The molecule has 0 aliphatic carbocycles. The van der Waals surface area contributed by atoms with Gasteiger partial charge in [-0.15, -0.1) is 11.3 Å². The van der Waals surface area contributed by atoms with Gasteiger partial charge in [-0.2, -0.15) is 0 Å². The van der Waals surface area contributed by atoms with Gasteiger partial charge in [-0.25, -0.2) is 4.98 Å². The second-order valence-electron chi connectivity index (χ2n) is 5.96. The van der Waals surface area contributed by atoms with Crippen LogP contribution in [0.4, 0.5) is 0 Å². The Hall–Kier alpha value is -2.90. The van der Waals surface area contributed by atoms with E-state index in [1.807, 2.05) is 30.3 Å². The lowest BCUT2D eigenvalue weighted by atomic mass is 10.2. The van der Waals surface area contributed by atoms with E-state index in [0.29, 0.717) is 21.3 Å². The van der Waals surface area contributed by atoms with E-state index in [0.717, 1.165) is 10.6 Å². The predicted molar refractivity (Wildman–Crippen MR) is 109 cm³/mol. The average Bonchev–Trinajstić information content (AvgIpc) is 3.10. The number of hydrogen-bond donors (Lipinski definition) is 2. The fourth-order valence-corrected chi connectivity index (χ4v) is 3.45. The van der Waals surface area contributed by atoms with Crippen LogP contribution in [0.3, 0.4) is 0 Å². The zero-order valence-corrected chi connectivity index (χ0v) is 16.8. The fourth-order valence-electron chi connectivity index (χ4n) is 2.36. The van der Waals surface area contributed by atoms with Gasteiger partial charge in [0.2, 0.25) is 0 Å². The van der Waals surface area contributed by atoms with Crippen LogP contribution < -0.4 is 15.6 Å². The molecule has 0 aliphatic heterocycles. The Kier molecular flexibility index (Phi) is 6.28. The Morgan fingerprint density at radius 2 is 1.75 bits per heavy atom. The highest BCUT2D eigenvalue weighted by molar-refractivity contribution is 7.17. The third-order valence-electron chi connectivity index (χ3n) is 3.82. The number of hydrazine groups is 1. The van der Waals surface area contributed by atoms with Crippen LogP contribution >= 0.6 is 22.9 Å². The van der Waals surface area contributed by atoms with Crippen molar-refractivity contribution in [2.45, 2.75) is 20.0 Å². The summed E-state index contributed by atoms with van der Waals surface area (Å²) in [5.41, 5.74) is 6.32. The first kappa shape index (κ1) is 19.9. The van der Waals surface area contributed by atoms with Gasteiger partial charge >= 0.3 is 0 Å². The SMILES string of the molecule is Cc1nc(-c2ccccc2)sc1C(=O)NNC(=O)C(C)Oc1ccc(Cl)cc1. The molecule has 28 heavy (non-hydrogen) atoms. The van der Waals surface area contributed by atoms with Gasteiger partial charge in [0.25, 0.3) is 11.8 Å². The Morgan fingerprint density at radius 1 is 1.07 bits per heavy atom. The predicted octanol–water partition coefficient (Wildman–Crippen LogP) is 4.00. The number of carbonyl (C=O) groups is 2. The van der Waals surface area contributed by atoms with Crippen LogP contribution in [0.1, 0.15) is 22.3 Å². The number of hydrogen-bond acceptors (Lipinski definition) is 5. The second kappa shape index (κ2) is 8.86. The molecule has 0 bridgehead atoms. The third-order valence-corrected chi connectivity index (χ3v) is 5.28. The summed E-state index contributed by atoms with van der Waals surface area (Å²) in [5, 5.41) is 1.32. The number of benzene rings is 2. The Bertz CT molecular complexity index is 974. The number of ether oxygens (including phenoxy) is 1. The molecule has 3 rings (SSSR count). The first-order chi connectivity index (χ1) is 13.4. The van der Waals surface area contributed by atoms with E-state index < -0.39 is 17.9 Å². The number of aryl methyl sites for hydroxylation is 1. The second-order valence-corrected chi connectivity index (χ2v) is 7.39. The van der Waals surface area contributed by atoms with E-state index in [9.17, 15) is 9.59 Å². The molecule has 1 aromatic heterocycles. The van der Waals surface area contributed by atoms with Crippen LogP contribution in [0, 0.1) is 6.92 Å². The topological polar surface area (TPSA) is 80.3 Å². The van der Waals surface area contributed by atoms with Crippen LogP contribution in [0.2, 0.25) is 5.02 Å². The summed E-state index contributed by atoms with van der Waals surface area (Å²) in [6.45, 7) is 3.34. The number of thiazole rings is 1. The summed E-state index contributed by atoms with van der Waals surface area (Å²) >= 11 is 7.09. The highest BCUT2D eigenvalue weighted by Crippen LogP contribution is 2.27. The Labute approximate surface area is 171 Å². The lowest BCUT2D eigenvalue weighted by Crippen LogP contribution is -2.47. The molecule has 0 aliphatic rings. The molecule has 2 N–H and O–H groups in total. The van der Waals surface area contributed by atoms with E-state index in [1.165, 1.54) is 11.3 Å². The van der Waals surface area contributed by atoms with Crippen LogP contribution in [0.5, 0.6) is 5.75 Å². The van der Waals surface area contributed by atoms with Crippen molar-refractivity contribution in [1.29, 1.82) is 0 Å². The van der Waals surface area contributed by atoms with Crippen molar-refractivity contribution in [3.8, 4) is 16.3 Å². The Morgan fingerprint density at radius 3 is 2.43 bits per heavy atom. The number of carbonyl (C=O) groups excluding carboxylic acids is 2. The van der Waals surface area contributed by atoms with Gasteiger partial charge in [0, 0.05) is 10.6 Å². The van der Waals surface area contributed by atoms with E-state index >= 15 is 0 Å². The monoisotopic (exact) mass is 415 g/mol. The van der Waals surface area contributed by atoms with Gasteiger partial charge in [0.15, 0.2) is 6.10 Å². The summed E-state index contributed by atoms with van der Waals surface area (Å²) in [4.78, 5) is 29.5. The average molecular weight is 416 g/mol. The number of nitrogens with zero attached hydrogens (tertiary/aromatic N) is 1. The summed E-state index contributed by atoms with van der Waals surface area (Å²) in [6, 6.07) is 16.3. The van der Waals surface area contributed by atoms with Crippen LogP contribution in [-0.2, 0) is 4.79 Å². The number of nitrogens with one attached hydrogen (secondary N) is 2. The minimum atomic E-state index is -0.802. The highest BCUT2D eigenvalue weighted by Gasteiger charge is 2.19. The maximum Gasteiger partial charge on any atom is 0.281 e. The number of rotatable bonds is 5. The van der Waals surface area contributed by atoms with Gasteiger partial charge in [-0.1, -0.05) is 41.9 Å². The molecule has 1 heterocycles. The molecular weight excluding hydrogens is 398 g/mol. The molecule has 144 valence electrons. The lowest BCUT2D eigenvalue weighted by molar-refractivity contribution is -0.128. The molecule has 2 aromatic carbocycles. The molecule has 2 amide bonds. The number of amides is 2. The fraction of sp³-hybridized carbons (Fsp3) is 0.150. The molecule has 1 unspecified atom stereocenters. The van der Waals surface area contributed by atoms with E-state index in [4.69, 9.17) is 16.3 Å². The largest absolute Gasteiger partial charge is 0.481 e. The smallest absolute Gasteiger partial charge is 0.281 e. The molecule has 1 atom stereocenters. The quantitative estimate of drug-likeness (QED) is 0.617. The van der Waals surface area contributed by atoms with E-state index in [-0.39, 0.29) is 0 Å².